The maximum absolute atomic E-state index is 12.9. The van der Waals surface area contributed by atoms with Gasteiger partial charge in [-0.15, -0.1) is 10.2 Å². The van der Waals surface area contributed by atoms with Gasteiger partial charge in [0.1, 0.15) is 5.52 Å². The molecular weight excluding hydrogens is 348 g/mol. The summed E-state index contributed by atoms with van der Waals surface area (Å²) in [6.45, 7) is 4.97. The smallest absolute Gasteiger partial charge is 0.276 e. The second-order valence-corrected chi connectivity index (χ2v) is 7.11. The van der Waals surface area contributed by atoms with Gasteiger partial charge in [0, 0.05) is 38.4 Å². The standard InChI is InChI=1S/C17H20N8O2/c1-11-14(16(27)23-9-7-22(8-10-23)12-4-5-12)19-21-25(11)17-18-15(26)13-3-2-6-24(13)20-17/h2-3,6,12H,4-5,7-10H2,1H3,(H,18,20,26). The summed E-state index contributed by atoms with van der Waals surface area (Å²) in [5.41, 5.74) is 1.02. The van der Waals surface area contributed by atoms with E-state index in [9.17, 15) is 9.59 Å². The van der Waals surface area contributed by atoms with Gasteiger partial charge < -0.3 is 4.90 Å². The predicted molar refractivity (Wildman–Crippen MR) is 96.0 cm³/mol. The lowest BCUT2D eigenvalue weighted by molar-refractivity contribution is 0.0620. The van der Waals surface area contributed by atoms with Crippen LogP contribution in [0.1, 0.15) is 29.0 Å². The average molecular weight is 368 g/mol. The lowest BCUT2D eigenvalue weighted by Crippen LogP contribution is -2.49. The number of carbonyl (C=O) groups excluding carboxylic acids is 1. The summed E-state index contributed by atoms with van der Waals surface area (Å²) < 4.78 is 2.88. The molecular formula is C17H20N8O2. The van der Waals surface area contributed by atoms with Crippen LogP contribution in [-0.4, -0.2) is 77.5 Å². The van der Waals surface area contributed by atoms with Gasteiger partial charge in [0.25, 0.3) is 17.4 Å². The first-order valence-electron chi connectivity index (χ1n) is 9.15. The van der Waals surface area contributed by atoms with Crippen molar-refractivity contribution in [3.05, 3.63) is 40.1 Å². The van der Waals surface area contributed by atoms with Crippen LogP contribution in [0.5, 0.6) is 0 Å². The Kier molecular flexibility index (Phi) is 3.61. The third kappa shape index (κ3) is 2.72. The molecule has 5 rings (SSSR count). The van der Waals surface area contributed by atoms with Crippen LogP contribution in [0.2, 0.25) is 0 Å². The van der Waals surface area contributed by atoms with Crippen LogP contribution >= 0.6 is 0 Å². The Bertz CT molecular complexity index is 1070. The predicted octanol–water partition coefficient (Wildman–Crippen LogP) is -0.168. The van der Waals surface area contributed by atoms with Crippen molar-refractivity contribution in [1.29, 1.82) is 0 Å². The normalized spacial score (nSPS) is 18.3. The Hall–Kier alpha value is -3.01. The fourth-order valence-electron chi connectivity index (χ4n) is 3.63. The number of amides is 1. The van der Waals surface area contributed by atoms with Gasteiger partial charge in [-0.1, -0.05) is 5.21 Å². The number of nitrogens with zero attached hydrogens (tertiary/aromatic N) is 7. The molecule has 0 unspecified atom stereocenters. The van der Waals surface area contributed by atoms with Gasteiger partial charge in [-0.2, -0.15) is 4.68 Å². The van der Waals surface area contributed by atoms with E-state index >= 15 is 0 Å². The summed E-state index contributed by atoms with van der Waals surface area (Å²) in [6, 6.07) is 4.14. The van der Waals surface area contributed by atoms with E-state index in [1.54, 1.807) is 25.3 Å². The number of hydrogen-bond donors (Lipinski definition) is 1. The van der Waals surface area contributed by atoms with E-state index in [-0.39, 0.29) is 17.4 Å². The maximum atomic E-state index is 12.9. The van der Waals surface area contributed by atoms with Crippen molar-refractivity contribution in [1.82, 2.24) is 39.4 Å². The molecule has 0 radical (unpaired) electrons. The topological polar surface area (TPSA) is 104 Å². The Morgan fingerprint density at radius 2 is 2.00 bits per heavy atom. The number of piperazine rings is 1. The zero-order valence-electron chi connectivity index (χ0n) is 15.0. The van der Waals surface area contributed by atoms with Crippen LogP contribution in [0.3, 0.4) is 0 Å². The molecule has 0 bridgehead atoms. The summed E-state index contributed by atoms with van der Waals surface area (Å²) >= 11 is 0. The number of carbonyl (C=O) groups is 1. The van der Waals surface area contributed by atoms with E-state index in [1.165, 1.54) is 22.0 Å². The number of H-pyrrole nitrogens is 1. The fourth-order valence-corrected chi connectivity index (χ4v) is 3.63. The molecule has 1 aliphatic carbocycles. The van der Waals surface area contributed by atoms with Crippen LogP contribution in [0, 0.1) is 6.92 Å². The highest BCUT2D eigenvalue weighted by molar-refractivity contribution is 5.93. The highest BCUT2D eigenvalue weighted by Gasteiger charge is 2.33. The zero-order chi connectivity index (χ0) is 18.5. The number of rotatable bonds is 3. The maximum Gasteiger partial charge on any atom is 0.276 e. The summed E-state index contributed by atoms with van der Waals surface area (Å²) in [5, 5.41) is 12.5. The van der Waals surface area contributed by atoms with E-state index in [2.05, 4.69) is 25.3 Å². The van der Waals surface area contributed by atoms with Gasteiger partial charge in [-0.05, 0) is 31.9 Å². The Morgan fingerprint density at radius 3 is 2.74 bits per heavy atom. The number of aromatic amines is 1. The minimum atomic E-state index is -0.274. The summed E-state index contributed by atoms with van der Waals surface area (Å²) in [7, 11) is 0. The van der Waals surface area contributed by atoms with Crippen molar-refractivity contribution < 1.29 is 4.79 Å². The molecule has 2 fully saturated rings. The van der Waals surface area contributed by atoms with Crippen LogP contribution in [0.4, 0.5) is 0 Å². The second kappa shape index (κ2) is 6.02. The Labute approximate surface area is 154 Å². The largest absolute Gasteiger partial charge is 0.335 e. The van der Waals surface area contributed by atoms with Crippen LogP contribution < -0.4 is 5.56 Å². The van der Waals surface area contributed by atoms with Crippen molar-refractivity contribution in [2.75, 3.05) is 26.2 Å². The van der Waals surface area contributed by atoms with Gasteiger partial charge in [-0.25, -0.2) is 4.52 Å². The van der Waals surface area contributed by atoms with Gasteiger partial charge in [0.15, 0.2) is 5.69 Å². The van der Waals surface area contributed by atoms with E-state index < -0.39 is 0 Å². The second-order valence-electron chi connectivity index (χ2n) is 7.11. The van der Waals surface area contributed by atoms with Gasteiger partial charge >= 0.3 is 0 Å². The highest BCUT2D eigenvalue weighted by Crippen LogP contribution is 2.27. The SMILES string of the molecule is Cc1c(C(=O)N2CCN(C3CC3)CC2)nnn1-c1nn2cccc2c(=O)[nH]1. The third-order valence-corrected chi connectivity index (χ3v) is 5.35. The highest BCUT2D eigenvalue weighted by atomic mass is 16.2. The molecule has 1 saturated heterocycles. The van der Waals surface area contributed by atoms with Crippen molar-refractivity contribution in [3.63, 3.8) is 0 Å². The molecule has 10 nitrogen and oxygen atoms in total. The molecule has 140 valence electrons. The number of aromatic nitrogens is 6. The number of fused-ring (bicyclic) bond motifs is 1. The quantitative estimate of drug-likeness (QED) is 0.688. The monoisotopic (exact) mass is 368 g/mol. The van der Waals surface area contributed by atoms with Crippen molar-refractivity contribution in [3.8, 4) is 5.95 Å². The molecule has 1 N–H and O–H groups in total. The van der Waals surface area contributed by atoms with E-state index in [4.69, 9.17) is 0 Å². The molecule has 2 aliphatic rings. The lowest BCUT2D eigenvalue weighted by Gasteiger charge is -2.34. The van der Waals surface area contributed by atoms with E-state index in [0.29, 0.717) is 30.0 Å². The first kappa shape index (κ1) is 16.2. The molecule has 0 spiro atoms. The minimum absolute atomic E-state index is 0.126. The molecule has 3 aromatic rings. The first-order chi connectivity index (χ1) is 13.1. The summed E-state index contributed by atoms with van der Waals surface area (Å²) in [6.07, 6.45) is 4.24. The zero-order valence-corrected chi connectivity index (χ0v) is 15.0. The van der Waals surface area contributed by atoms with Crippen LogP contribution in [-0.2, 0) is 0 Å². The fraction of sp³-hybridized carbons (Fsp3) is 0.471. The first-order valence-corrected chi connectivity index (χ1v) is 9.15. The van der Waals surface area contributed by atoms with Crippen molar-refractivity contribution in [2.24, 2.45) is 0 Å². The van der Waals surface area contributed by atoms with Crippen LogP contribution in [0.15, 0.2) is 23.1 Å². The molecule has 1 saturated carbocycles. The number of nitrogens with one attached hydrogen (secondary N) is 1. The van der Waals surface area contributed by atoms with E-state index in [1.807, 2.05) is 4.90 Å². The summed E-state index contributed by atoms with van der Waals surface area (Å²) in [4.78, 5) is 32.0. The summed E-state index contributed by atoms with van der Waals surface area (Å²) in [5.74, 6) is 0.102. The molecule has 27 heavy (non-hydrogen) atoms. The van der Waals surface area contributed by atoms with Crippen molar-refractivity contribution in [2.45, 2.75) is 25.8 Å². The van der Waals surface area contributed by atoms with Crippen molar-refractivity contribution >= 4 is 11.4 Å². The van der Waals surface area contributed by atoms with Gasteiger partial charge in [-0.3, -0.25) is 19.5 Å². The molecule has 4 heterocycles. The average Bonchev–Trinajstić information content (AvgIpc) is 3.29. The van der Waals surface area contributed by atoms with E-state index in [0.717, 1.165) is 19.1 Å². The molecule has 10 heteroatoms. The van der Waals surface area contributed by atoms with Gasteiger partial charge in [0.2, 0.25) is 0 Å². The Morgan fingerprint density at radius 1 is 1.22 bits per heavy atom. The van der Waals surface area contributed by atoms with Gasteiger partial charge in [0.05, 0.1) is 5.69 Å². The minimum Gasteiger partial charge on any atom is -0.335 e. The Balaban J connectivity index is 1.40. The molecule has 0 atom stereocenters. The lowest BCUT2D eigenvalue weighted by atomic mass is 10.2. The molecule has 1 amide bonds. The van der Waals surface area contributed by atoms with Crippen LogP contribution in [0.25, 0.3) is 11.5 Å². The molecule has 0 aromatic carbocycles. The number of hydrogen-bond acceptors (Lipinski definition) is 6. The molecule has 1 aliphatic heterocycles. The third-order valence-electron chi connectivity index (χ3n) is 5.35. The molecule has 3 aromatic heterocycles.